The minimum atomic E-state index is 0.603. The van der Waals surface area contributed by atoms with E-state index in [1.165, 1.54) is 4.90 Å². The number of rotatable bonds is 4. The molecular weight excluding hydrogens is 204 g/mol. The molecule has 0 aromatic heterocycles. The minimum Gasteiger partial charge on any atom is -0.298 e. The van der Waals surface area contributed by atoms with Gasteiger partial charge >= 0.3 is 0 Å². The van der Waals surface area contributed by atoms with Crippen LogP contribution >= 0.6 is 11.8 Å². The molecule has 0 bridgehead atoms. The van der Waals surface area contributed by atoms with Gasteiger partial charge in [0.1, 0.15) is 6.29 Å². The molecule has 0 heterocycles. The van der Waals surface area contributed by atoms with Crippen molar-refractivity contribution in [3.63, 3.8) is 0 Å². The lowest BCUT2D eigenvalue weighted by Gasteiger charge is -2.15. The molecule has 1 nitrogen and oxygen atoms in total. The van der Waals surface area contributed by atoms with Crippen molar-refractivity contribution in [2.45, 2.75) is 37.8 Å². The van der Waals surface area contributed by atoms with E-state index in [0.717, 1.165) is 17.4 Å². The van der Waals surface area contributed by atoms with Gasteiger partial charge < -0.3 is 0 Å². The molecule has 0 saturated carbocycles. The Morgan fingerprint density at radius 1 is 1.27 bits per heavy atom. The highest BCUT2D eigenvalue weighted by molar-refractivity contribution is 8.00. The van der Waals surface area contributed by atoms with Crippen molar-refractivity contribution in [1.82, 2.24) is 0 Å². The maximum atomic E-state index is 10.7. The predicted molar refractivity (Wildman–Crippen MR) is 66.7 cm³/mol. The third-order valence-corrected chi connectivity index (χ3v) is 4.07. The van der Waals surface area contributed by atoms with Gasteiger partial charge in [0.2, 0.25) is 0 Å². The van der Waals surface area contributed by atoms with Gasteiger partial charge in [-0.2, -0.15) is 0 Å². The van der Waals surface area contributed by atoms with Crippen molar-refractivity contribution in [2.24, 2.45) is 5.92 Å². The largest absolute Gasteiger partial charge is 0.298 e. The molecule has 1 rings (SSSR count). The van der Waals surface area contributed by atoms with Crippen molar-refractivity contribution in [2.75, 3.05) is 0 Å². The van der Waals surface area contributed by atoms with E-state index in [9.17, 15) is 4.79 Å². The number of carbonyl (C=O) groups excluding carboxylic acids is 1. The fraction of sp³-hybridized carbons (Fsp3) is 0.462. The molecule has 0 aliphatic rings. The first-order valence-electron chi connectivity index (χ1n) is 5.27. The molecule has 0 radical (unpaired) electrons. The number of hydrogen-bond donors (Lipinski definition) is 0. The number of aryl methyl sites for hydroxylation is 1. The SMILES string of the molecule is Cc1cc(SC(C)C(C)C)ccc1C=O. The lowest BCUT2D eigenvalue weighted by molar-refractivity contribution is 0.112. The van der Waals surface area contributed by atoms with Crippen LogP contribution in [0.2, 0.25) is 0 Å². The monoisotopic (exact) mass is 222 g/mol. The second-order valence-corrected chi connectivity index (χ2v) is 5.65. The van der Waals surface area contributed by atoms with Crippen molar-refractivity contribution in [1.29, 1.82) is 0 Å². The van der Waals surface area contributed by atoms with Gasteiger partial charge in [-0.15, -0.1) is 11.8 Å². The summed E-state index contributed by atoms with van der Waals surface area (Å²) in [6.07, 6.45) is 0.912. The first kappa shape index (κ1) is 12.3. The van der Waals surface area contributed by atoms with Crippen LogP contribution in [-0.4, -0.2) is 11.5 Å². The molecule has 1 aromatic rings. The van der Waals surface area contributed by atoms with Gasteiger partial charge in [0, 0.05) is 15.7 Å². The average Bonchev–Trinajstić information content (AvgIpc) is 2.18. The molecular formula is C13H18OS. The highest BCUT2D eigenvalue weighted by atomic mass is 32.2. The van der Waals surface area contributed by atoms with E-state index in [-0.39, 0.29) is 0 Å². The number of aldehydes is 1. The van der Waals surface area contributed by atoms with Crippen LogP contribution in [0.3, 0.4) is 0 Å². The molecule has 0 N–H and O–H groups in total. The summed E-state index contributed by atoms with van der Waals surface area (Å²) in [6.45, 7) is 8.67. The van der Waals surface area contributed by atoms with E-state index in [1.54, 1.807) is 0 Å². The van der Waals surface area contributed by atoms with Gasteiger partial charge in [-0.05, 0) is 30.5 Å². The smallest absolute Gasteiger partial charge is 0.150 e. The maximum absolute atomic E-state index is 10.7. The number of hydrogen-bond acceptors (Lipinski definition) is 2. The van der Waals surface area contributed by atoms with Crippen LogP contribution in [0.25, 0.3) is 0 Å². The molecule has 82 valence electrons. The average molecular weight is 222 g/mol. The lowest BCUT2D eigenvalue weighted by Crippen LogP contribution is -2.05. The molecule has 0 aliphatic carbocycles. The fourth-order valence-corrected chi connectivity index (χ4v) is 2.30. The Kier molecular flexibility index (Phi) is 4.40. The van der Waals surface area contributed by atoms with Crippen LogP contribution in [0.15, 0.2) is 23.1 Å². The molecule has 0 saturated heterocycles. The van der Waals surface area contributed by atoms with Crippen LogP contribution < -0.4 is 0 Å². The van der Waals surface area contributed by atoms with E-state index in [1.807, 2.05) is 30.8 Å². The van der Waals surface area contributed by atoms with Gasteiger partial charge in [0.25, 0.3) is 0 Å². The van der Waals surface area contributed by atoms with Crippen LogP contribution in [-0.2, 0) is 0 Å². The summed E-state index contributed by atoms with van der Waals surface area (Å²) >= 11 is 1.87. The van der Waals surface area contributed by atoms with Crippen LogP contribution in [0.4, 0.5) is 0 Å². The van der Waals surface area contributed by atoms with Gasteiger partial charge in [0.15, 0.2) is 0 Å². The summed E-state index contributed by atoms with van der Waals surface area (Å²) in [6, 6.07) is 6.02. The summed E-state index contributed by atoms with van der Waals surface area (Å²) in [7, 11) is 0. The minimum absolute atomic E-state index is 0.603. The Labute approximate surface area is 96.3 Å². The summed E-state index contributed by atoms with van der Waals surface area (Å²) < 4.78 is 0. The molecule has 2 heteroatoms. The zero-order valence-corrected chi connectivity index (χ0v) is 10.6. The van der Waals surface area contributed by atoms with E-state index in [2.05, 4.69) is 26.8 Å². The number of carbonyl (C=O) groups is 1. The van der Waals surface area contributed by atoms with Crippen molar-refractivity contribution >= 4 is 18.0 Å². The molecule has 1 atom stereocenters. The van der Waals surface area contributed by atoms with E-state index < -0.39 is 0 Å². The maximum Gasteiger partial charge on any atom is 0.150 e. The first-order chi connectivity index (χ1) is 7.04. The van der Waals surface area contributed by atoms with Crippen molar-refractivity contribution in [3.8, 4) is 0 Å². The topological polar surface area (TPSA) is 17.1 Å². The second-order valence-electron chi connectivity index (χ2n) is 4.20. The Hall–Kier alpha value is -0.760. The van der Waals surface area contributed by atoms with Crippen LogP contribution in [0.1, 0.15) is 36.7 Å². The molecule has 1 aromatic carbocycles. The predicted octanol–water partition coefficient (Wildman–Crippen LogP) is 3.94. The van der Waals surface area contributed by atoms with Crippen LogP contribution in [0, 0.1) is 12.8 Å². The molecule has 0 fully saturated rings. The van der Waals surface area contributed by atoms with Gasteiger partial charge in [-0.1, -0.05) is 26.8 Å². The van der Waals surface area contributed by atoms with Crippen molar-refractivity contribution in [3.05, 3.63) is 29.3 Å². The summed E-state index contributed by atoms with van der Waals surface area (Å²) in [5.41, 5.74) is 1.85. The van der Waals surface area contributed by atoms with Crippen LogP contribution in [0.5, 0.6) is 0 Å². The Bertz CT molecular complexity index is 344. The van der Waals surface area contributed by atoms with Crippen molar-refractivity contribution < 1.29 is 4.79 Å². The molecule has 0 spiro atoms. The van der Waals surface area contributed by atoms with Gasteiger partial charge in [0.05, 0.1) is 0 Å². The molecule has 1 unspecified atom stereocenters. The Morgan fingerprint density at radius 3 is 2.40 bits per heavy atom. The highest BCUT2D eigenvalue weighted by Crippen LogP contribution is 2.28. The molecule has 0 aliphatic heterocycles. The third-order valence-electron chi connectivity index (χ3n) is 2.63. The zero-order valence-electron chi connectivity index (χ0n) is 9.78. The van der Waals surface area contributed by atoms with E-state index in [4.69, 9.17) is 0 Å². The second kappa shape index (κ2) is 5.36. The number of benzene rings is 1. The van der Waals surface area contributed by atoms with Gasteiger partial charge in [-0.3, -0.25) is 4.79 Å². The molecule has 0 amide bonds. The summed E-state index contributed by atoms with van der Waals surface area (Å²) in [5.74, 6) is 0.668. The highest BCUT2D eigenvalue weighted by Gasteiger charge is 2.09. The first-order valence-corrected chi connectivity index (χ1v) is 6.15. The fourth-order valence-electron chi connectivity index (χ4n) is 1.20. The van der Waals surface area contributed by atoms with E-state index >= 15 is 0 Å². The third kappa shape index (κ3) is 3.38. The molecule has 15 heavy (non-hydrogen) atoms. The Balaban J connectivity index is 2.79. The summed E-state index contributed by atoms with van der Waals surface area (Å²) in [5, 5.41) is 0.603. The summed E-state index contributed by atoms with van der Waals surface area (Å²) in [4.78, 5) is 11.9. The standard InChI is InChI=1S/C13H18OS/c1-9(2)11(4)15-13-6-5-12(8-14)10(3)7-13/h5-9,11H,1-4H3. The number of thioether (sulfide) groups is 1. The van der Waals surface area contributed by atoms with Gasteiger partial charge in [-0.25, -0.2) is 0 Å². The lowest BCUT2D eigenvalue weighted by atomic mass is 10.1. The van der Waals surface area contributed by atoms with E-state index in [0.29, 0.717) is 11.2 Å². The quantitative estimate of drug-likeness (QED) is 0.567. The zero-order chi connectivity index (χ0) is 11.4. The normalized spacial score (nSPS) is 12.9. The Morgan fingerprint density at radius 2 is 1.93 bits per heavy atom.